The van der Waals surface area contributed by atoms with Crippen molar-refractivity contribution in [2.75, 3.05) is 13.1 Å². The van der Waals surface area contributed by atoms with Gasteiger partial charge < -0.3 is 10.6 Å². The number of quaternary nitrogens is 1. The Labute approximate surface area is 108 Å². The van der Waals surface area contributed by atoms with Gasteiger partial charge in [-0.25, -0.2) is 4.79 Å². The van der Waals surface area contributed by atoms with E-state index in [4.69, 9.17) is 0 Å². The SMILES string of the molecule is C[C@H]([NH2+][C@H]1CCCC[C@H]1C)C(=O)N1CCNC1=O. The topological polar surface area (TPSA) is 66.0 Å². The third kappa shape index (κ3) is 2.83. The summed E-state index contributed by atoms with van der Waals surface area (Å²) >= 11 is 0. The molecule has 0 radical (unpaired) electrons. The fourth-order valence-electron chi connectivity index (χ4n) is 3.01. The van der Waals surface area contributed by atoms with Crippen LogP contribution in [0.2, 0.25) is 0 Å². The number of nitrogens with one attached hydrogen (secondary N) is 1. The van der Waals surface area contributed by atoms with E-state index in [-0.39, 0.29) is 18.0 Å². The lowest BCUT2D eigenvalue weighted by Gasteiger charge is -2.29. The molecule has 0 spiro atoms. The summed E-state index contributed by atoms with van der Waals surface area (Å²) in [5, 5.41) is 4.83. The van der Waals surface area contributed by atoms with Crippen LogP contribution in [-0.4, -0.2) is 42.0 Å². The summed E-state index contributed by atoms with van der Waals surface area (Å²) in [5.74, 6) is 0.615. The highest BCUT2D eigenvalue weighted by Crippen LogP contribution is 2.21. The zero-order chi connectivity index (χ0) is 13.1. The van der Waals surface area contributed by atoms with Crippen LogP contribution in [0.15, 0.2) is 0 Å². The maximum atomic E-state index is 12.2. The number of nitrogens with two attached hydrogens (primary N) is 1. The summed E-state index contributed by atoms with van der Waals surface area (Å²) in [5.41, 5.74) is 0. The van der Waals surface area contributed by atoms with E-state index in [0.717, 1.165) is 0 Å². The van der Waals surface area contributed by atoms with Gasteiger partial charge in [-0.05, 0) is 26.2 Å². The summed E-state index contributed by atoms with van der Waals surface area (Å²) in [4.78, 5) is 25.0. The number of hydrogen-bond donors (Lipinski definition) is 2. The smallest absolute Gasteiger partial charge is 0.324 e. The van der Waals surface area contributed by atoms with Crippen LogP contribution in [-0.2, 0) is 4.79 Å². The van der Waals surface area contributed by atoms with Crippen LogP contribution in [0.25, 0.3) is 0 Å². The first-order chi connectivity index (χ1) is 8.59. The van der Waals surface area contributed by atoms with Crippen LogP contribution in [0, 0.1) is 5.92 Å². The third-order valence-electron chi connectivity index (χ3n) is 4.23. The number of imide groups is 1. The summed E-state index contributed by atoms with van der Waals surface area (Å²) in [6.45, 7) is 5.27. The van der Waals surface area contributed by atoms with Crippen molar-refractivity contribution in [1.29, 1.82) is 0 Å². The van der Waals surface area contributed by atoms with Gasteiger partial charge in [0.2, 0.25) is 0 Å². The first-order valence-electron chi connectivity index (χ1n) is 7.04. The largest absolute Gasteiger partial charge is 0.336 e. The van der Waals surface area contributed by atoms with E-state index in [1.807, 2.05) is 6.92 Å². The molecule has 2 fully saturated rings. The highest BCUT2D eigenvalue weighted by molar-refractivity contribution is 5.97. The van der Waals surface area contributed by atoms with Gasteiger partial charge in [-0.15, -0.1) is 0 Å². The minimum Gasteiger partial charge on any atom is -0.336 e. The Morgan fingerprint density at radius 1 is 1.44 bits per heavy atom. The second kappa shape index (κ2) is 5.69. The second-order valence-electron chi connectivity index (χ2n) is 5.63. The van der Waals surface area contributed by atoms with E-state index < -0.39 is 0 Å². The van der Waals surface area contributed by atoms with Crippen molar-refractivity contribution in [3.63, 3.8) is 0 Å². The molecular formula is C13H24N3O2+. The number of amides is 3. The Balaban J connectivity index is 1.88. The second-order valence-corrected chi connectivity index (χ2v) is 5.63. The molecule has 3 amide bonds. The highest BCUT2D eigenvalue weighted by atomic mass is 16.2. The Bertz CT molecular complexity index is 332. The Hall–Kier alpha value is -1.10. The van der Waals surface area contributed by atoms with Gasteiger partial charge in [0.1, 0.15) is 0 Å². The fourth-order valence-corrected chi connectivity index (χ4v) is 3.01. The maximum Gasteiger partial charge on any atom is 0.324 e. The number of carbonyl (C=O) groups is 2. The van der Waals surface area contributed by atoms with Gasteiger partial charge in [0.05, 0.1) is 6.04 Å². The van der Waals surface area contributed by atoms with E-state index in [0.29, 0.717) is 25.0 Å². The van der Waals surface area contributed by atoms with Crippen LogP contribution in [0.1, 0.15) is 39.5 Å². The van der Waals surface area contributed by atoms with Crippen LogP contribution in [0.4, 0.5) is 4.79 Å². The molecule has 0 aromatic carbocycles. The van der Waals surface area contributed by atoms with Crippen molar-refractivity contribution >= 4 is 11.9 Å². The Kier molecular flexibility index (Phi) is 4.22. The van der Waals surface area contributed by atoms with Gasteiger partial charge in [-0.3, -0.25) is 9.69 Å². The number of urea groups is 1. The number of hydrogen-bond acceptors (Lipinski definition) is 2. The average Bonchev–Trinajstić information content (AvgIpc) is 2.77. The molecule has 5 nitrogen and oxygen atoms in total. The van der Waals surface area contributed by atoms with Crippen molar-refractivity contribution < 1.29 is 14.9 Å². The van der Waals surface area contributed by atoms with Crippen molar-refractivity contribution in [2.24, 2.45) is 5.92 Å². The zero-order valence-corrected chi connectivity index (χ0v) is 11.3. The van der Waals surface area contributed by atoms with Crippen LogP contribution in [0.5, 0.6) is 0 Å². The molecule has 3 atom stereocenters. The van der Waals surface area contributed by atoms with E-state index >= 15 is 0 Å². The fraction of sp³-hybridized carbons (Fsp3) is 0.846. The molecule has 0 aromatic rings. The van der Waals surface area contributed by atoms with E-state index in [1.54, 1.807) is 0 Å². The van der Waals surface area contributed by atoms with Crippen LogP contribution in [0.3, 0.4) is 0 Å². The Morgan fingerprint density at radius 2 is 2.17 bits per heavy atom. The summed E-state index contributed by atoms with van der Waals surface area (Å²) in [6.07, 6.45) is 5.01. The van der Waals surface area contributed by atoms with Gasteiger partial charge in [-0.2, -0.15) is 0 Å². The first-order valence-corrected chi connectivity index (χ1v) is 7.04. The molecule has 1 saturated heterocycles. The van der Waals surface area contributed by atoms with Gasteiger partial charge in [0.15, 0.2) is 6.04 Å². The lowest BCUT2D eigenvalue weighted by molar-refractivity contribution is -0.715. The van der Waals surface area contributed by atoms with Gasteiger partial charge in [0, 0.05) is 19.0 Å². The van der Waals surface area contributed by atoms with Crippen molar-refractivity contribution in [1.82, 2.24) is 10.2 Å². The predicted octanol–water partition coefficient (Wildman–Crippen LogP) is 0.0688. The maximum absolute atomic E-state index is 12.2. The molecule has 3 N–H and O–H groups in total. The molecular weight excluding hydrogens is 230 g/mol. The third-order valence-corrected chi connectivity index (χ3v) is 4.23. The molecule has 0 unspecified atom stereocenters. The quantitative estimate of drug-likeness (QED) is 0.748. The van der Waals surface area contributed by atoms with Crippen LogP contribution < -0.4 is 10.6 Å². The normalized spacial score (nSPS) is 30.1. The molecule has 1 aliphatic heterocycles. The standard InChI is InChI=1S/C13H23N3O2/c1-9-5-3-4-6-11(9)15-10(2)12(17)16-8-7-14-13(16)18/h9-11,15H,3-8H2,1-2H3,(H,14,18)/p+1/t9-,10+,11+/m1/s1. The minimum atomic E-state index is -0.239. The summed E-state index contributed by atoms with van der Waals surface area (Å²) < 4.78 is 0. The number of rotatable bonds is 3. The van der Waals surface area contributed by atoms with Gasteiger partial charge in [0.25, 0.3) is 5.91 Å². The number of nitrogens with zero attached hydrogens (tertiary/aromatic N) is 1. The lowest BCUT2D eigenvalue weighted by atomic mass is 9.85. The average molecular weight is 254 g/mol. The van der Waals surface area contributed by atoms with Crippen molar-refractivity contribution in [3.05, 3.63) is 0 Å². The molecule has 2 aliphatic rings. The molecule has 1 aliphatic carbocycles. The van der Waals surface area contributed by atoms with Crippen molar-refractivity contribution in [2.45, 2.75) is 51.6 Å². The molecule has 2 rings (SSSR count). The molecule has 5 heteroatoms. The minimum absolute atomic E-state index is 0.0530. The predicted molar refractivity (Wildman–Crippen MR) is 67.9 cm³/mol. The molecule has 1 heterocycles. The molecule has 0 aromatic heterocycles. The van der Waals surface area contributed by atoms with E-state index in [1.165, 1.54) is 30.6 Å². The van der Waals surface area contributed by atoms with Gasteiger partial charge >= 0.3 is 6.03 Å². The molecule has 1 saturated carbocycles. The van der Waals surface area contributed by atoms with Crippen LogP contribution >= 0.6 is 0 Å². The first kappa shape index (κ1) is 13.3. The molecule has 0 bridgehead atoms. The monoisotopic (exact) mass is 254 g/mol. The van der Waals surface area contributed by atoms with E-state index in [2.05, 4.69) is 17.6 Å². The number of carbonyl (C=O) groups excluding carboxylic acids is 2. The van der Waals surface area contributed by atoms with Crippen molar-refractivity contribution in [3.8, 4) is 0 Å². The summed E-state index contributed by atoms with van der Waals surface area (Å²) in [6, 6.07) is 0.139. The lowest BCUT2D eigenvalue weighted by Crippen LogP contribution is -2.97. The molecule has 102 valence electrons. The highest BCUT2D eigenvalue weighted by Gasteiger charge is 2.34. The molecule has 18 heavy (non-hydrogen) atoms. The summed E-state index contributed by atoms with van der Waals surface area (Å²) in [7, 11) is 0. The Morgan fingerprint density at radius 3 is 2.78 bits per heavy atom. The zero-order valence-electron chi connectivity index (χ0n) is 11.3. The van der Waals surface area contributed by atoms with E-state index in [9.17, 15) is 9.59 Å². The van der Waals surface area contributed by atoms with Gasteiger partial charge in [-0.1, -0.05) is 13.3 Å².